The maximum absolute atomic E-state index is 3.73. The molecule has 1 aromatic carbocycles. The molecular formula is C34H57Cl3SiTi. The van der Waals surface area contributed by atoms with Crippen LogP contribution in [-0.4, -0.2) is 8.07 Å². The molecule has 39 heavy (non-hydrogen) atoms. The summed E-state index contributed by atoms with van der Waals surface area (Å²) in [4.78, 5) is 0. The van der Waals surface area contributed by atoms with Crippen LogP contribution in [0, 0.1) is 6.08 Å². The van der Waals surface area contributed by atoms with Gasteiger partial charge in [0.2, 0.25) is 0 Å². The van der Waals surface area contributed by atoms with Gasteiger partial charge < -0.3 is 37.2 Å². The molecule has 1 unspecified atom stereocenters. The fraction of sp³-hybridized carbons (Fsp3) is 0.706. The molecule has 0 spiro atoms. The van der Waals surface area contributed by atoms with E-state index in [0.29, 0.717) is 0 Å². The summed E-state index contributed by atoms with van der Waals surface area (Å²) in [7, 11) is -1.65. The Morgan fingerprint density at radius 1 is 0.615 bits per heavy atom. The van der Waals surface area contributed by atoms with Crippen molar-refractivity contribution < 1.29 is 58.9 Å². The van der Waals surface area contributed by atoms with Crippen molar-refractivity contribution in [3.8, 4) is 0 Å². The van der Waals surface area contributed by atoms with E-state index in [2.05, 4.69) is 62.9 Å². The zero-order chi connectivity index (χ0) is 25.0. The molecule has 0 saturated heterocycles. The first-order chi connectivity index (χ1) is 17.2. The van der Waals surface area contributed by atoms with E-state index >= 15 is 0 Å². The van der Waals surface area contributed by atoms with Crippen LogP contribution in [0.1, 0.15) is 142 Å². The topological polar surface area (TPSA) is 0 Å². The van der Waals surface area contributed by atoms with Crippen molar-refractivity contribution in [3.63, 3.8) is 0 Å². The first kappa shape index (κ1) is 43.9. The third kappa shape index (κ3) is 17.9. The number of unbranched alkanes of at least 4 members (excludes halogenated alkanes) is 16. The van der Waals surface area contributed by atoms with E-state index in [0.717, 1.165) is 6.42 Å². The van der Waals surface area contributed by atoms with Crippen LogP contribution in [0.4, 0.5) is 0 Å². The van der Waals surface area contributed by atoms with Crippen molar-refractivity contribution >= 4 is 13.3 Å². The molecule has 0 aromatic heterocycles. The van der Waals surface area contributed by atoms with E-state index < -0.39 is 8.07 Å². The molecule has 0 saturated carbocycles. The van der Waals surface area contributed by atoms with Crippen molar-refractivity contribution in [1.29, 1.82) is 0 Å². The maximum Gasteiger partial charge on any atom is 4.00 e. The quantitative estimate of drug-likeness (QED) is 0.103. The van der Waals surface area contributed by atoms with Crippen LogP contribution < -0.4 is 42.4 Å². The average Bonchev–Trinajstić information content (AvgIpc) is 3.37. The van der Waals surface area contributed by atoms with E-state index in [1.807, 2.05) is 0 Å². The van der Waals surface area contributed by atoms with Gasteiger partial charge in [-0.25, -0.2) is 5.57 Å². The molecule has 0 amide bonds. The first-order valence-corrected chi connectivity index (χ1v) is 18.3. The van der Waals surface area contributed by atoms with Gasteiger partial charge in [-0.1, -0.05) is 184 Å². The molecule has 2 rings (SSSR count). The monoisotopic (exact) mass is 646 g/mol. The Bertz CT molecular complexity index is 722. The van der Waals surface area contributed by atoms with Crippen molar-refractivity contribution in [2.24, 2.45) is 0 Å². The fourth-order valence-electron chi connectivity index (χ4n) is 5.90. The molecule has 1 aromatic rings. The predicted molar refractivity (Wildman–Crippen MR) is 161 cm³/mol. The zero-order valence-electron chi connectivity index (χ0n) is 25.4. The summed E-state index contributed by atoms with van der Waals surface area (Å²) in [5.41, 5.74) is 1.57. The van der Waals surface area contributed by atoms with E-state index in [9.17, 15) is 0 Å². The molecule has 0 heterocycles. The van der Waals surface area contributed by atoms with Crippen molar-refractivity contribution in [2.45, 2.75) is 155 Å². The molecule has 1 aliphatic carbocycles. The number of hydrogen-bond acceptors (Lipinski definition) is 0. The van der Waals surface area contributed by atoms with Gasteiger partial charge >= 0.3 is 21.7 Å². The summed E-state index contributed by atoms with van der Waals surface area (Å²) in [5.74, 6) is 0. The summed E-state index contributed by atoms with van der Waals surface area (Å²) in [6, 6.07) is 12.9. The smallest absolute Gasteiger partial charge is 1.00 e. The Labute approximate surface area is 278 Å². The molecule has 1 atom stereocenters. The number of benzene rings is 1. The number of halogens is 3. The minimum Gasteiger partial charge on any atom is -1.00 e. The third-order valence-electron chi connectivity index (χ3n) is 8.26. The Morgan fingerprint density at radius 2 is 1.05 bits per heavy atom. The molecule has 0 bridgehead atoms. The molecule has 0 fully saturated rings. The minimum atomic E-state index is -1.65. The predicted octanol–water partition coefficient (Wildman–Crippen LogP) is 2.03. The van der Waals surface area contributed by atoms with Crippen molar-refractivity contribution in [2.75, 3.05) is 0 Å². The Balaban J connectivity index is -0.00000324. The SMILES string of the molecule is CCCCCCCCCCCCCCCCCC[Si](C)(C1=CC[C-]=C1CCCC)c1ccccc1.[Cl-].[Cl-].[Cl-].[Ti+4]. The Kier molecular flexibility index (Phi) is 32.2. The van der Waals surface area contributed by atoms with Crippen LogP contribution >= 0.6 is 0 Å². The molecule has 222 valence electrons. The molecule has 1 aliphatic rings. The first-order valence-electron chi connectivity index (χ1n) is 15.6. The van der Waals surface area contributed by atoms with Crippen molar-refractivity contribution in [1.82, 2.24) is 0 Å². The van der Waals surface area contributed by atoms with E-state index in [-0.39, 0.29) is 58.9 Å². The molecule has 0 radical (unpaired) electrons. The Hall–Kier alpha value is 0.501. The summed E-state index contributed by atoms with van der Waals surface area (Å²) in [6.07, 6.45) is 34.3. The minimum absolute atomic E-state index is 0. The molecule has 0 aliphatic heterocycles. The summed E-state index contributed by atoms with van der Waals surface area (Å²) in [6.45, 7) is 7.25. The van der Waals surface area contributed by atoms with Gasteiger partial charge in [0.1, 0.15) is 0 Å². The molecule has 0 N–H and O–H groups in total. The third-order valence-corrected chi connectivity index (χ3v) is 12.9. The van der Waals surface area contributed by atoms with Crippen LogP contribution in [0.5, 0.6) is 0 Å². The zero-order valence-corrected chi connectivity index (χ0v) is 30.3. The maximum atomic E-state index is 3.73. The van der Waals surface area contributed by atoms with Crippen molar-refractivity contribution in [3.05, 3.63) is 53.3 Å². The van der Waals surface area contributed by atoms with Crippen LogP contribution in [0.2, 0.25) is 12.6 Å². The number of hydrogen-bond donors (Lipinski definition) is 0. The standard InChI is InChI=1S/C34H57Si.3ClH.Ti/c1-4-6-8-9-10-11-12-13-14-15-16-17-18-19-20-24-31-35(3,33-28-22-21-23-29-33)34-30-25-27-32(34)26-7-5-2;;;;/h21-23,28-30H,4-20,24-26,31H2,1-3H3;3*1H;/q-1;;;;+4/p-3. The van der Waals surface area contributed by atoms with Gasteiger partial charge in [0.25, 0.3) is 0 Å². The second kappa shape index (κ2) is 28.6. The van der Waals surface area contributed by atoms with Gasteiger partial charge in [-0.2, -0.15) is 11.3 Å². The second-order valence-corrected chi connectivity index (χ2v) is 15.6. The Morgan fingerprint density at radius 3 is 1.51 bits per heavy atom. The van der Waals surface area contributed by atoms with Gasteiger partial charge in [-0.3, -0.25) is 6.08 Å². The van der Waals surface area contributed by atoms with Gasteiger partial charge in [0.05, 0.1) is 0 Å². The number of rotatable bonds is 22. The normalized spacial score (nSPS) is 13.6. The van der Waals surface area contributed by atoms with Gasteiger partial charge in [0.15, 0.2) is 0 Å². The van der Waals surface area contributed by atoms with Gasteiger partial charge in [-0.15, -0.1) is 6.42 Å². The molecule has 0 nitrogen and oxygen atoms in total. The van der Waals surface area contributed by atoms with Crippen LogP contribution in [0.15, 0.2) is 47.2 Å². The van der Waals surface area contributed by atoms with Crippen LogP contribution in [0.25, 0.3) is 0 Å². The number of allylic oxidation sites excluding steroid dienone is 4. The van der Waals surface area contributed by atoms with E-state index in [1.54, 1.807) is 16.0 Å². The van der Waals surface area contributed by atoms with Crippen LogP contribution in [-0.2, 0) is 21.7 Å². The second-order valence-electron chi connectivity index (χ2n) is 11.3. The van der Waals surface area contributed by atoms with E-state index in [4.69, 9.17) is 0 Å². The summed E-state index contributed by atoms with van der Waals surface area (Å²) < 4.78 is 0. The molecule has 5 heteroatoms. The summed E-state index contributed by atoms with van der Waals surface area (Å²) in [5, 5.41) is 3.35. The average molecular weight is 648 g/mol. The fourth-order valence-corrected chi connectivity index (χ4v) is 10.1. The van der Waals surface area contributed by atoms with Gasteiger partial charge in [-0.05, 0) is 0 Å². The largest absolute Gasteiger partial charge is 4.00 e. The van der Waals surface area contributed by atoms with E-state index in [1.165, 1.54) is 128 Å². The van der Waals surface area contributed by atoms with Gasteiger partial charge in [0, 0.05) is 8.07 Å². The van der Waals surface area contributed by atoms with Crippen LogP contribution in [0.3, 0.4) is 0 Å². The summed E-state index contributed by atoms with van der Waals surface area (Å²) >= 11 is 0. The molecular weight excluding hydrogens is 591 g/mol.